The van der Waals surface area contributed by atoms with E-state index < -0.39 is 9.84 Å². The monoisotopic (exact) mass is 269 g/mol. The van der Waals surface area contributed by atoms with Crippen LogP contribution in [0.25, 0.3) is 0 Å². The molecule has 2 rings (SSSR count). The molecule has 0 aromatic heterocycles. The van der Waals surface area contributed by atoms with Crippen LogP contribution in [-0.4, -0.2) is 31.9 Å². The summed E-state index contributed by atoms with van der Waals surface area (Å²) in [5.74, 6) is 0.188. The fourth-order valence-electron chi connectivity index (χ4n) is 2.38. The first-order chi connectivity index (χ1) is 8.54. The number of aliphatic hydroxyl groups excluding tert-OH is 1. The molecule has 0 bridgehead atoms. The topological polar surface area (TPSA) is 66.4 Å². The zero-order chi connectivity index (χ0) is 13.2. The molecule has 1 aromatic carbocycles. The second-order valence-corrected chi connectivity index (χ2v) is 6.86. The minimum atomic E-state index is -3.11. The standard InChI is InChI=1S/C13H19NO3S/c1-10(6-8-15)14-12-7-9-18(16,17)13-5-3-2-4-11(12)13/h2-5,10,12,14-15H,6-9H2,1H3. The number of benzene rings is 1. The summed E-state index contributed by atoms with van der Waals surface area (Å²) in [6, 6.07) is 7.41. The highest BCUT2D eigenvalue weighted by Crippen LogP contribution is 2.32. The first-order valence-electron chi connectivity index (χ1n) is 6.23. The highest BCUT2D eigenvalue weighted by molar-refractivity contribution is 7.91. The van der Waals surface area contributed by atoms with E-state index in [2.05, 4.69) is 5.32 Å². The van der Waals surface area contributed by atoms with E-state index in [1.165, 1.54) is 0 Å². The molecule has 1 aliphatic heterocycles. The average Bonchev–Trinajstić information content (AvgIpc) is 2.34. The summed E-state index contributed by atoms with van der Waals surface area (Å²) >= 11 is 0. The van der Waals surface area contributed by atoms with Crippen LogP contribution in [0.4, 0.5) is 0 Å². The Labute approximate surface area is 108 Å². The molecule has 0 aliphatic carbocycles. The van der Waals surface area contributed by atoms with E-state index in [0.717, 1.165) is 5.56 Å². The van der Waals surface area contributed by atoms with Gasteiger partial charge in [-0.05, 0) is 31.4 Å². The third-order valence-electron chi connectivity index (χ3n) is 3.35. The molecule has 0 spiro atoms. The maximum Gasteiger partial charge on any atom is 0.178 e. The lowest BCUT2D eigenvalue weighted by Crippen LogP contribution is -2.35. The Balaban J connectivity index is 2.26. The average molecular weight is 269 g/mol. The summed E-state index contributed by atoms with van der Waals surface area (Å²) in [7, 11) is -3.11. The second kappa shape index (κ2) is 5.38. The number of fused-ring (bicyclic) bond motifs is 1. The highest BCUT2D eigenvalue weighted by Gasteiger charge is 2.30. The molecule has 0 radical (unpaired) electrons. The van der Waals surface area contributed by atoms with E-state index in [0.29, 0.717) is 17.7 Å². The molecular formula is C13H19NO3S. The van der Waals surface area contributed by atoms with Crippen LogP contribution in [0.5, 0.6) is 0 Å². The lowest BCUT2D eigenvalue weighted by Gasteiger charge is -2.28. The van der Waals surface area contributed by atoms with Gasteiger partial charge < -0.3 is 10.4 Å². The lowest BCUT2D eigenvalue weighted by atomic mass is 10.0. The van der Waals surface area contributed by atoms with E-state index in [-0.39, 0.29) is 24.4 Å². The summed E-state index contributed by atoms with van der Waals surface area (Å²) in [5, 5.41) is 12.3. The Hall–Kier alpha value is -0.910. The van der Waals surface area contributed by atoms with Gasteiger partial charge in [0.25, 0.3) is 0 Å². The Bertz CT molecular complexity index is 513. The molecule has 1 aromatic rings. The molecule has 5 heteroatoms. The lowest BCUT2D eigenvalue weighted by molar-refractivity contribution is 0.261. The quantitative estimate of drug-likeness (QED) is 0.864. The summed E-state index contributed by atoms with van der Waals surface area (Å²) in [5.41, 5.74) is 0.855. The van der Waals surface area contributed by atoms with Crippen LogP contribution < -0.4 is 5.32 Å². The minimum absolute atomic E-state index is 0.0614. The van der Waals surface area contributed by atoms with Crippen molar-refractivity contribution in [3.05, 3.63) is 29.8 Å². The SMILES string of the molecule is CC(CCO)NC1CCS(=O)(=O)c2ccccc21. The van der Waals surface area contributed by atoms with E-state index >= 15 is 0 Å². The molecule has 4 nitrogen and oxygen atoms in total. The predicted octanol–water partition coefficient (Wildman–Crippen LogP) is 1.27. The van der Waals surface area contributed by atoms with E-state index in [1.807, 2.05) is 19.1 Å². The van der Waals surface area contributed by atoms with Gasteiger partial charge in [0.2, 0.25) is 0 Å². The van der Waals surface area contributed by atoms with Crippen LogP contribution in [0.3, 0.4) is 0 Å². The van der Waals surface area contributed by atoms with Gasteiger partial charge in [-0.25, -0.2) is 8.42 Å². The van der Waals surface area contributed by atoms with E-state index in [1.54, 1.807) is 12.1 Å². The van der Waals surface area contributed by atoms with Crippen LogP contribution in [0.2, 0.25) is 0 Å². The first-order valence-corrected chi connectivity index (χ1v) is 7.88. The van der Waals surface area contributed by atoms with Crippen molar-refractivity contribution in [1.29, 1.82) is 0 Å². The van der Waals surface area contributed by atoms with Gasteiger partial charge in [-0.2, -0.15) is 0 Å². The molecular weight excluding hydrogens is 250 g/mol. The molecule has 2 atom stereocenters. The normalized spacial score (nSPS) is 23.3. The van der Waals surface area contributed by atoms with Crippen molar-refractivity contribution in [2.75, 3.05) is 12.4 Å². The van der Waals surface area contributed by atoms with Crippen LogP contribution in [0.1, 0.15) is 31.4 Å². The van der Waals surface area contributed by atoms with Gasteiger partial charge >= 0.3 is 0 Å². The fourth-order valence-corrected chi connectivity index (χ4v) is 4.00. The van der Waals surface area contributed by atoms with Crippen molar-refractivity contribution in [3.8, 4) is 0 Å². The van der Waals surface area contributed by atoms with Crippen LogP contribution in [0, 0.1) is 0 Å². The van der Waals surface area contributed by atoms with Crippen LogP contribution >= 0.6 is 0 Å². The largest absolute Gasteiger partial charge is 0.396 e. The molecule has 1 heterocycles. The maximum atomic E-state index is 12.0. The zero-order valence-corrected chi connectivity index (χ0v) is 11.3. The summed E-state index contributed by atoms with van der Waals surface area (Å²) in [6.45, 7) is 2.14. The molecule has 0 saturated carbocycles. The Morgan fingerprint density at radius 2 is 2.17 bits per heavy atom. The van der Waals surface area contributed by atoms with Gasteiger partial charge in [-0.1, -0.05) is 18.2 Å². The third-order valence-corrected chi connectivity index (χ3v) is 5.17. The van der Waals surface area contributed by atoms with Gasteiger partial charge in [0.05, 0.1) is 10.6 Å². The van der Waals surface area contributed by atoms with Gasteiger partial charge in [-0.15, -0.1) is 0 Å². The van der Waals surface area contributed by atoms with E-state index in [4.69, 9.17) is 5.11 Å². The predicted molar refractivity (Wildman–Crippen MR) is 70.2 cm³/mol. The number of aliphatic hydroxyl groups is 1. The third kappa shape index (κ3) is 2.74. The maximum absolute atomic E-state index is 12.0. The molecule has 18 heavy (non-hydrogen) atoms. The van der Waals surface area contributed by atoms with Crippen LogP contribution in [0.15, 0.2) is 29.2 Å². The van der Waals surface area contributed by atoms with E-state index in [9.17, 15) is 8.42 Å². The summed E-state index contributed by atoms with van der Waals surface area (Å²) in [4.78, 5) is 0.449. The number of nitrogens with one attached hydrogen (secondary N) is 1. The van der Waals surface area contributed by atoms with Crippen molar-refractivity contribution in [2.24, 2.45) is 0 Å². The Morgan fingerprint density at radius 3 is 2.89 bits per heavy atom. The highest BCUT2D eigenvalue weighted by atomic mass is 32.2. The molecule has 0 amide bonds. The second-order valence-electron chi connectivity index (χ2n) is 4.78. The molecule has 2 N–H and O–H groups in total. The fraction of sp³-hybridized carbons (Fsp3) is 0.538. The van der Waals surface area contributed by atoms with Crippen molar-refractivity contribution in [3.63, 3.8) is 0 Å². The molecule has 1 aliphatic rings. The number of sulfone groups is 1. The van der Waals surface area contributed by atoms with Gasteiger partial charge in [0, 0.05) is 18.7 Å². The van der Waals surface area contributed by atoms with Crippen LogP contribution in [-0.2, 0) is 9.84 Å². The molecule has 100 valence electrons. The molecule has 0 saturated heterocycles. The van der Waals surface area contributed by atoms with Crippen molar-refractivity contribution in [2.45, 2.75) is 36.7 Å². The minimum Gasteiger partial charge on any atom is -0.396 e. The number of rotatable bonds is 4. The van der Waals surface area contributed by atoms with Gasteiger partial charge in [0.1, 0.15) is 0 Å². The van der Waals surface area contributed by atoms with Gasteiger partial charge in [-0.3, -0.25) is 0 Å². The first kappa shape index (κ1) is 13.5. The number of hydrogen-bond donors (Lipinski definition) is 2. The Morgan fingerprint density at radius 1 is 1.44 bits per heavy atom. The van der Waals surface area contributed by atoms with Crippen molar-refractivity contribution in [1.82, 2.24) is 5.32 Å². The van der Waals surface area contributed by atoms with Gasteiger partial charge in [0.15, 0.2) is 9.84 Å². The molecule has 2 unspecified atom stereocenters. The summed E-state index contributed by atoms with van der Waals surface area (Å²) < 4.78 is 23.9. The molecule has 0 fully saturated rings. The number of hydrogen-bond acceptors (Lipinski definition) is 4. The van der Waals surface area contributed by atoms with Crippen molar-refractivity contribution >= 4 is 9.84 Å². The zero-order valence-electron chi connectivity index (χ0n) is 10.5. The smallest absolute Gasteiger partial charge is 0.178 e. The van der Waals surface area contributed by atoms with Crippen molar-refractivity contribution < 1.29 is 13.5 Å². The summed E-state index contributed by atoms with van der Waals surface area (Å²) in [6.07, 6.45) is 1.26. The Kier molecular flexibility index (Phi) is 4.04.